The first-order valence-electron chi connectivity index (χ1n) is 10.6. The summed E-state index contributed by atoms with van der Waals surface area (Å²) in [5.41, 5.74) is 3.08. The van der Waals surface area contributed by atoms with Crippen LogP contribution in [0.4, 0.5) is 5.69 Å². The Morgan fingerprint density at radius 1 is 1.11 bits per heavy atom. The number of rotatable bonds is 4. The minimum absolute atomic E-state index is 0.604. The zero-order chi connectivity index (χ0) is 18.4. The highest BCUT2D eigenvalue weighted by molar-refractivity contribution is 7.18. The Balaban J connectivity index is 1.39. The monoisotopic (exact) mass is 383 g/mol. The predicted octanol–water partition coefficient (Wildman–Crippen LogP) is 4.83. The van der Waals surface area contributed by atoms with E-state index in [4.69, 9.17) is 4.98 Å². The Hall–Kier alpha value is -1.46. The van der Waals surface area contributed by atoms with Crippen molar-refractivity contribution in [1.82, 2.24) is 9.88 Å². The number of benzene rings is 1. The van der Waals surface area contributed by atoms with Crippen LogP contribution in [-0.4, -0.2) is 47.9 Å². The molecule has 2 aliphatic heterocycles. The highest BCUT2D eigenvalue weighted by Crippen LogP contribution is 2.45. The third-order valence-electron chi connectivity index (χ3n) is 6.88. The number of anilines is 1. The summed E-state index contributed by atoms with van der Waals surface area (Å²) in [6, 6.07) is 5.58. The summed E-state index contributed by atoms with van der Waals surface area (Å²) >= 11 is 1.82. The Kier molecular flexibility index (Phi) is 4.68. The second-order valence-electron chi connectivity index (χ2n) is 8.66. The van der Waals surface area contributed by atoms with Crippen molar-refractivity contribution in [2.75, 3.05) is 24.5 Å². The Morgan fingerprint density at radius 2 is 1.89 bits per heavy atom. The number of piperidine rings is 1. The molecule has 5 heteroatoms. The van der Waals surface area contributed by atoms with Gasteiger partial charge < -0.3 is 4.90 Å². The quantitative estimate of drug-likeness (QED) is 0.709. The third-order valence-corrected chi connectivity index (χ3v) is 8.05. The van der Waals surface area contributed by atoms with E-state index in [2.05, 4.69) is 16.7 Å². The standard InChI is InChI=1S/C22H29N3OS/c1-15-6-2-3-9-25(15)18-12-17(13-18)22-23-21-19(24-7-4-5-8-24)10-16(14-26)11-20(21)27-22/h10-11,14-15,17-18H,2-9,12-13H2,1H3/t15-,17?,18?/m0/s1. The topological polar surface area (TPSA) is 36.4 Å². The van der Waals surface area contributed by atoms with Crippen molar-refractivity contribution in [1.29, 1.82) is 0 Å². The molecular formula is C22H29N3OS. The molecule has 0 bridgehead atoms. The van der Waals surface area contributed by atoms with Gasteiger partial charge in [0.15, 0.2) is 0 Å². The summed E-state index contributed by atoms with van der Waals surface area (Å²) in [5.74, 6) is 0.604. The molecule has 2 aromatic rings. The number of nitrogens with zero attached hydrogens (tertiary/aromatic N) is 3. The van der Waals surface area contributed by atoms with Gasteiger partial charge in [0.25, 0.3) is 0 Å². The number of aldehydes is 1. The smallest absolute Gasteiger partial charge is 0.150 e. The molecule has 27 heavy (non-hydrogen) atoms. The van der Waals surface area contributed by atoms with Crippen LogP contribution in [0.5, 0.6) is 0 Å². The molecule has 1 aromatic heterocycles. The van der Waals surface area contributed by atoms with E-state index >= 15 is 0 Å². The molecule has 5 rings (SSSR count). The van der Waals surface area contributed by atoms with Crippen LogP contribution in [0.3, 0.4) is 0 Å². The van der Waals surface area contributed by atoms with E-state index in [-0.39, 0.29) is 0 Å². The first-order valence-corrected chi connectivity index (χ1v) is 11.4. The fourth-order valence-electron chi connectivity index (χ4n) is 5.21. The van der Waals surface area contributed by atoms with Crippen LogP contribution < -0.4 is 4.90 Å². The summed E-state index contributed by atoms with van der Waals surface area (Å²) < 4.78 is 1.19. The number of thiazole rings is 1. The SMILES string of the molecule is C[C@H]1CCCCN1C1CC(c2nc3c(N4CCCC4)cc(C=O)cc3s2)C1. The van der Waals surface area contributed by atoms with Crippen LogP contribution in [0, 0.1) is 0 Å². The molecular weight excluding hydrogens is 354 g/mol. The van der Waals surface area contributed by atoms with E-state index in [1.165, 1.54) is 66.9 Å². The summed E-state index contributed by atoms with van der Waals surface area (Å²) in [4.78, 5) is 21.7. The Bertz CT molecular complexity index is 835. The molecule has 144 valence electrons. The molecule has 1 aliphatic carbocycles. The van der Waals surface area contributed by atoms with E-state index < -0.39 is 0 Å². The third kappa shape index (κ3) is 3.19. The maximum Gasteiger partial charge on any atom is 0.150 e. The Labute approximate surface area is 165 Å². The fraction of sp³-hybridized carbons (Fsp3) is 0.636. The molecule has 2 saturated heterocycles. The largest absolute Gasteiger partial charge is 0.370 e. The lowest BCUT2D eigenvalue weighted by atomic mass is 9.78. The second-order valence-corrected chi connectivity index (χ2v) is 9.72. The van der Waals surface area contributed by atoms with Crippen molar-refractivity contribution in [2.24, 2.45) is 0 Å². The lowest BCUT2D eigenvalue weighted by Crippen LogP contribution is -2.50. The van der Waals surface area contributed by atoms with Gasteiger partial charge in [-0.2, -0.15) is 0 Å². The number of likely N-dealkylation sites (tertiary alicyclic amines) is 1. The molecule has 3 aliphatic rings. The van der Waals surface area contributed by atoms with Crippen molar-refractivity contribution < 1.29 is 4.79 Å². The number of carbonyl (C=O) groups is 1. The molecule has 1 atom stereocenters. The number of fused-ring (bicyclic) bond motifs is 1. The summed E-state index contributed by atoms with van der Waals surface area (Å²) in [5, 5.41) is 1.29. The van der Waals surface area contributed by atoms with E-state index in [0.29, 0.717) is 5.92 Å². The van der Waals surface area contributed by atoms with Gasteiger partial charge >= 0.3 is 0 Å². The van der Waals surface area contributed by atoms with Gasteiger partial charge in [0.2, 0.25) is 0 Å². The molecule has 0 unspecified atom stereocenters. The molecule has 3 heterocycles. The van der Waals surface area contributed by atoms with Crippen LogP contribution in [0.25, 0.3) is 10.2 Å². The minimum Gasteiger partial charge on any atom is -0.370 e. The maximum absolute atomic E-state index is 11.4. The van der Waals surface area contributed by atoms with Crippen molar-refractivity contribution in [3.63, 3.8) is 0 Å². The van der Waals surface area contributed by atoms with Gasteiger partial charge in [-0.05, 0) is 64.1 Å². The zero-order valence-corrected chi connectivity index (χ0v) is 17.0. The molecule has 3 fully saturated rings. The van der Waals surface area contributed by atoms with E-state index in [9.17, 15) is 4.79 Å². The van der Waals surface area contributed by atoms with Crippen molar-refractivity contribution >= 4 is 33.5 Å². The van der Waals surface area contributed by atoms with Gasteiger partial charge in [0, 0.05) is 36.7 Å². The van der Waals surface area contributed by atoms with Gasteiger partial charge in [-0.3, -0.25) is 9.69 Å². The van der Waals surface area contributed by atoms with Gasteiger partial charge in [-0.25, -0.2) is 4.98 Å². The maximum atomic E-state index is 11.4. The van der Waals surface area contributed by atoms with Crippen LogP contribution >= 0.6 is 11.3 Å². The van der Waals surface area contributed by atoms with E-state index in [1.807, 2.05) is 23.5 Å². The summed E-state index contributed by atoms with van der Waals surface area (Å²) in [7, 11) is 0. The lowest BCUT2D eigenvalue weighted by Gasteiger charge is -2.47. The molecule has 0 N–H and O–H groups in total. The van der Waals surface area contributed by atoms with Crippen molar-refractivity contribution in [3.05, 3.63) is 22.7 Å². The molecule has 4 nitrogen and oxygen atoms in total. The Morgan fingerprint density at radius 3 is 2.63 bits per heavy atom. The molecule has 0 spiro atoms. The van der Waals surface area contributed by atoms with Crippen molar-refractivity contribution in [3.8, 4) is 0 Å². The fourth-order valence-corrected chi connectivity index (χ4v) is 6.38. The molecule has 1 aromatic carbocycles. The lowest BCUT2D eigenvalue weighted by molar-refractivity contribution is 0.0480. The van der Waals surface area contributed by atoms with Gasteiger partial charge in [0.1, 0.15) is 11.8 Å². The van der Waals surface area contributed by atoms with Crippen molar-refractivity contribution in [2.45, 2.75) is 69.9 Å². The molecule has 0 radical (unpaired) electrons. The average Bonchev–Trinajstić information content (AvgIpc) is 3.30. The van der Waals surface area contributed by atoms with Crippen LogP contribution in [-0.2, 0) is 0 Å². The van der Waals surface area contributed by atoms with Crippen LogP contribution in [0.2, 0.25) is 0 Å². The highest BCUT2D eigenvalue weighted by Gasteiger charge is 2.38. The molecule has 1 saturated carbocycles. The average molecular weight is 384 g/mol. The first-order chi connectivity index (χ1) is 13.2. The minimum atomic E-state index is 0.604. The second kappa shape index (κ2) is 7.17. The van der Waals surface area contributed by atoms with E-state index in [1.54, 1.807) is 0 Å². The number of aromatic nitrogens is 1. The molecule has 0 amide bonds. The van der Waals surface area contributed by atoms with Gasteiger partial charge in [-0.15, -0.1) is 11.3 Å². The zero-order valence-electron chi connectivity index (χ0n) is 16.2. The predicted molar refractivity (Wildman–Crippen MR) is 112 cm³/mol. The van der Waals surface area contributed by atoms with Crippen LogP contribution in [0.1, 0.15) is 73.2 Å². The summed E-state index contributed by atoms with van der Waals surface area (Å²) in [6.45, 7) is 5.85. The van der Waals surface area contributed by atoms with Gasteiger partial charge in [-0.1, -0.05) is 6.42 Å². The van der Waals surface area contributed by atoms with Crippen LogP contribution in [0.15, 0.2) is 12.1 Å². The normalized spacial score (nSPS) is 29.2. The number of hydrogen-bond acceptors (Lipinski definition) is 5. The first kappa shape index (κ1) is 17.6. The number of carbonyl (C=O) groups excluding carboxylic acids is 1. The van der Waals surface area contributed by atoms with Gasteiger partial charge in [0.05, 0.1) is 15.4 Å². The van der Waals surface area contributed by atoms with E-state index in [0.717, 1.165) is 42.5 Å². The number of hydrogen-bond donors (Lipinski definition) is 0. The highest BCUT2D eigenvalue weighted by atomic mass is 32.1. The summed E-state index contributed by atoms with van der Waals surface area (Å²) in [6.07, 6.45) is 10.1.